The summed E-state index contributed by atoms with van der Waals surface area (Å²) in [6, 6.07) is 14.8. The van der Waals surface area contributed by atoms with Gasteiger partial charge in [0.2, 0.25) is 6.79 Å². The smallest absolute Gasteiger partial charge is 0.231 e. The molecule has 5 heteroatoms. The van der Waals surface area contributed by atoms with E-state index in [0.717, 1.165) is 17.1 Å². The number of hydrogen-bond acceptors (Lipinski definition) is 4. The van der Waals surface area contributed by atoms with E-state index in [1.807, 2.05) is 43.3 Å². The Hall–Kier alpha value is -2.11. The molecule has 1 N–H and O–H groups in total. The van der Waals surface area contributed by atoms with Crippen molar-refractivity contribution in [1.29, 1.82) is 0 Å². The summed E-state index contributed by atoms with van der Waals surface area (Å²) in [6.45, 7) is 6.02. The molecule has 2 aromatic rings. The zero-order valence-corrected chi connectivity index (χ0v) is 14.3. The molecule has 3 atom stereocenters. The monoisotopic (exact) mass is 344 g/mol. The molecular weight excluding hydrogens is 324 g/mol. The quantitative estimate of drug-likeness (QED) is 0.874. The SMILES string of the molecule is C=C(C(O)C(C)Cc1ccc2c(c1)OCO2)S(=O)c1ccccc1. The molecule has 24 heavy (non-hydrogen) atoms. The second kappa shape index (κ2) is 7.20. The van der Waals surface area contributed by atoms with Gasteiger partial charge in [-0.1, -0.05) is 37.8 Å². The van der Waals surface area contributed by atoms with E-state index in [0.29, 0.717) is 16.2 Å². The number of fused-ring (bicyclic) bond motifs is 1. The van der Waals surface area contributed by atoms with Gasteiger partial charge >= 0.3 is 0 Å². The average molecular weight is 344 g/mol. The largest absolute Gasteiger partial charge is 0.454 e. The Balaban J connectivity index is 1.67. The number of rotatable bonds is 6. The van der Waals surface area contributed by atoms with Crippen molar-refractivity contribution in [1.82, 2.24) is 0 Å². The third kappa shape index (κ3) is 3.52. The van der Waals surface area contributed by atoms with Crippen LogP contribution in [0, 0.1) is 5.92 Å². The number of aliphatic hydroxyl groups is 1. The lowest BCUT2D eigenvalue weighted by molar-refractivity contribution is 0.158. The summed E-state index contributed by atoms with van der Waals surface area (Å²) >= 11 is 0. The van der Waals surface area contributed by atoms with Crippen molar-refractivity contribution < 1.29 is 18.8 Å². The fourth-order valence-corrected chi connectivity index (χ4v) is 3.83. The van der Waals surface area contributed by atoms with Gasteiger partial charge in [-0.15, -0.1) is 0 Å². The van der Waals surface area contributed by atoms with Gasteiger partial charge in [0.05, 0.1) is 16.9 Å². The summed E-state index contributed by atoms with van der Waals surface area (Å²) in [4.78, 5) is 0.978. The number of hydrogen-bond donors (Lipinski definition) is 1. The molecule has 1 aliphatic heterocycles. The molecule has 0 aliphatic carbocycles. The third-order valence-electron chi connectivity index (χ3n) is 4.06. The fourth-order valence-electron chi connectivity index (χ4n) is 2.67. The summed E-state index contributed by atoms with van der Waals surface area (Å²) in [7, 11) is -1.43. The Kier molecular flexibility index (Phi) is 5.02. The van der Waals surface area contributed by atoms with Crippen LogP contribution >= 0.6 is 0 Å². The highest BCUT2D eigenvalue weighted by Crippen LogP contribution is 2.33. The first-order valence-electron chi connectivity index (χ1n) is 7.78. The Morgan fingerprint density at radius 3 is 2.67 bits per heavy atom. The first kappa shape index (κ1) is 16.7. The lowest BCUT2D eigenvalue weighted by atomic mass is 9.95. The number of ether oxygens (including phenoxy) is 2. The van der Waals surface area contributed by atoms with Crippen molar-refractivity contribution in [3.8, 4) is 11.5 Å². The molecule has 1 aliphatic rings. The van der Waals surface area contributed by atoms with Gasteiger partial charge in [-0.25, -0.2) is 4.21 Å². The molecule has 0 saturated carbocycles. The Morgan fingerprint density at radius 1 is 1.21 bits per heavy atom. The van der Waals surface area contributed by atoms with Crippen molar-refractivity contribution in [2.45, 2.75) is 24.3 Å². The highest BCUT2D eigenvalue weighted by molar-refractivity contribution is 7.89. The predicted octanol–water partition coefficient (Wildman–Crippen LogP) is 3.28. The van der Waals surface area contributed by atoms with Crippen LogP contribution in [0.2, 0.25) is 0 Å². The number of benzene rings is 2. The van der Waals surface area contributed by atoms with Gasteiger partial charge in [0.1, 0.15) is 0 Å². The Bertz CT molecular complexity index is 757. The number of aliphatic hydroxyl groups excluding tert-OH is 1. The van der Waals surface area contributed by atoms with Crippen LogP contribution in [0.3, 0.4) is 0 Å². The third-order valence-corrected chi connectivity index (χ3v) is 5.48. The minimum Gasteiger partial charge on any atom is -0.454 e. The minimum atomic E-state index is -1.43. The minimum absolute atomic E-state index is 0.120. The van der Waals surface area contributed by atoms with Gasteiger partial charge in [0.25, 0.3) is 0 Å². The molecule has 1 heterocycles. The van der Waals surface area contributed by atoms with E-state index in [1.54, 1.807) is 12.1 Å². The van der Waals surface area contributed by atoms with Gasteiger partial charge in [0, 0.05) is 9.80 Å². The van der Waals surface area contributed by atoms with Crippen LogP contribution in [0.4, 0.5) is 0 Å². The molecule has 0 spiro atoms. The van der Waals surface area contributed by atoms with E-state index in [2.05, 4.69) is 6.58 Å². The van der Waals surface area contributed by atoms with Gasteiger partial charge < -0.3 is 14.6 Å². The molecule has 0 amide bonds. The maximum atomic E-state index is 12.5. The van der Waals surface area contributed by atoms with Gasteiger partial charge in [-0.3, -0.25) is 0 Å². The molecule has 3 unspecified atom stereocenters. The highest BCUT2D eigenvalue weighted by Gasteiger charge is 2.23. The first-order valence-corrected chi connectivity index (χ1v) is 8.93. The summed E-state index contributed by atoms with van der Waals surface area (Å²) in [6.07, 6.45) is -0.223. The first-order chi connectivity index (χ1) is 11.6. The van der Waals surface area contributed by atoms with Crippen LogP contribution in [-0.4, -0.2) is 22.2 Å². The van der Waals surface area contributed by atoms with E-state index in [9.17, 15) is 9.32 Å². The highest BCUT2D eigenvalue weighted by atomic mass is 32.2. The van der Waals surface area contributed by atoms with Crippen molar-refractivity contribution in [3.63, 3.8) is 0 Å². The lowest BCUT2D eigenvalue weighted by Crippen LogP contribution is -2.24. The van der Waals surface area contributed by atoms with Gasteiger partial charge in [-0.05, 0) is 42.2 Å². The average Bonchev–Trinajstić information content (AvgIpc) is 3.08. The molecule has 0 bridgehead atoms. The summed E-state index contributed by atoms with van der Waals surface area (Å²) < 4.78 is 23.2. The fraction of sp³-hybridized carbons (Fsp3) is 0.263. The van der Waals surface area contributed by atoms with Crippen molar-refractivity contribution in [3.05, 3.63) is 65.6 Å². The zero-order valence-electron chi connectivity index (χ0n) is 13.5. The molecule has 126 valence electrons. The summed E-state index contributed by atoms with van der Waals surface area (Å²) in [5, 5.41) is 10.5. The topological polar surface area (TPSA) is 55.8 Å². The van der Waals surface area contributed by atoms with E-state index >= 15 is 0 Å². The molecular formula is C19H20O4S. The maximum absolute atomic E-state index is 12.5. The van der Waals surface area contributed by atoms with Crippen LogP contribution in [0.1, 0.15) is 12.5 Å². The van der Waals surface area contributed by atoms with Crippen LogP contribution in [-0.2, 0) is 17.2 Å². The molecule has 2 aromatic carbocycles. The predicted molar refractivity (Wildman–Crippen MR) is 93.4 cm³/mol. The van der Waals surface area contributed by atoms with Crippen LogP contribution in [0.5, 0.6) is 11.5 Å². The normalized spacial score (nSPS) is 16.4. The maximum Gasteiger partial charge on any atom is 0.231 e. The second-order valence-corrected chi connectivity index (χ2v) is 7.40. The molecule has 4 nitrogen and oxygen atoms in total. The van der Waals surface area contributed by atoms with Crippen molar-refractivity contribution >= 4 is 10.8 Å². The van der Waals surface area contributed by atoms with E-state index in [4.69, 9.17) is 9.47 Å². The summed E-state index contributed by atoms with van der Waals surface area (Å²) in [5.74, 6) is 1.34. The molecule has 0 saturated heterocycles. The molecule has 3 rings (SSSR count). The zero-order chi connectivity index (χ0) is 17.1. The molecule has 0 aromatic heterocycles. The molecule has 0 fully saturated rings. The van der Waals surface area contributed by atoms with Gasteiger partial charge in [-0.2, -0.15) is 0 Å². The van der Waals surface area contributed by atoms with E-state index < -0.39 is 16.9 Å². The van der Waals surface area contributed by atoms with Crippen molar-refractivity contribution in [2.24, 2.45) is 5.92 Å². The van der Waals surface area contributed by atoms with Crippen LogP contribution in [0.25, 0.3) is 0 Å². The Morgan fingerprint density at radius 2 is 1.92 bits per heavy atom. The second-order valence-electron chi connectivity index (χ2n) is 5.86. The lowest BCUT2D eigenvalue weighted by Gasteiger charge is -2.21. The van der Waals surface area contributed by atoms with E-state index in [1.165, 1.54) is 0 Å². The summed E-state index contributed by atoms with van der Waals surface area (Å²) in [5.41, 5.74) is 1.03. The van der Waals surface area contributed by atoms with Crippen LogP contribution in [0.15, 0.2) is 64.9 Å². The van der Waals surface area contributed by atoms with Crippen LogP contribution < -0.4 is 9.47 Å². The Labute approximate surface area is 144 Å². The van der Waals surface area contributed by atoms with E-state index in [-0.39, 0.29) is 12.7 Å². The van der Waals surface area contributed by atoms with Crippen molar-refractivity contribution in [2.75, 3.05) is 6.79 Å². The standard InChI is InChI=1S/C19H20O4S/c1-13(10-15-8-9-17-18(11-15)23-12-22-17)19(20)14(2)24(21)16-6-4-3-5-7-16/h3-9,11,13,19-20H,2,10,12H2,1H3. The van der Waals surface area contributed by atoms with Gasteiger partial charge in [0.15, 0.2) is 11.5 Å². The molecule has 0 radical (unpaired) electrons.